The molecular formula is C23H21F3O. The molecule has 0 saturated heterocycles. The third-order valence-corrected chi connectivity index (χ3v) is 4.41. The number of rotatable bonds is 6. The highest BCUT2D eigenvalue weighted by atomic mass is 19.4. The van der Waals surface area contributed by atoms with Crippen molar-refractivity contribution < 1.29 is 17.9 Å². The molecule has 0 atom stereocenters. The molecule has 0 N–H and O–H groups in total. The van der Waals surface area contributed by atoms with Gasteiger partial charge in [0.2, 0.25) is 0 Å². The number of ether oxygens (including phenoxy) is 1. The van der Waals surface area contributed by atoms with Crippen molar-refractivity contribution in [2.45, 2.75) is 32.5 Å². The van der Waals surface area contributed by atoms with Gasteiger partial charge >= 0.3 is 6.36 Å². The van der Waals surface area contributed by atoms with E-state index in [-0.39, 0.29) is 5.75 Å². The molecule has 1 nitrogen and oxygen atoms in total. The predicted octanol–water partition coefficient (Wildman–Crippen LogP) is 7.26. The second-order valence-electron chi connectivity index (χ2n) is 6.45. The van der Waals surface area contributed by atoms with Gasteiger partial charge in [0, 0.05) is 0 Å². The van der Waals surface area contributed by atoms with E-state index in [2.05, 4.69) is 35.9 Å². The Kier molecular flexibility index (Phi) is 5.84. The van der Waals surface area contributed by atoms with Gasteiger partial charge in [-0.1, -0.05) is 74.0 Å². The molecule has 0 heterocycles. The molecule has 0 spiro atoms. The molecule has 3 aromatic rings. The van der Waals surface area contributed by atoms with Crippen molar-refractivity contribution in [2.75, 3.05) is 0 Å². The van der Waals surface area contributed by atoms with Crippen LogP contribution in [0.1, 0.15) is 25.3 Å². The van der Waals surface area contributed by atoms with Crippen LogP contribution in [0.25, 0.3) is 22.3 Å². The molecule has 0 fully saturated rings. The minimum atomic E-state index is -4.67. The van der Waals surface area contributed by atoms with Crippen molar-refractivity contribution in [3.63, 3.8) is 0 Å². The molecule has 0 bridgehead atoms. The summed E-state index contributed by atoms with van der Waals surface area (Å²) in [6, 6.07) is 22.5. The maximum Gasteiger partial charge on any atom is 0.573 e. The zero-order valence-corrected chi connectivity index (χ0v) is 15.1. The van der Waals surface area contributed by atoms with Gasteiger partial charge in [0.25, 0.3) is 0 Å². The number of aryl methyl sites for hydroxylation is 1. The lowest BCUT2D eigenvalue weighted by Gasteiger charge is -2.10. The van der Waals surface area contributed by atoms with E-state index in [1.165, 1.54) is 30.5 Å². The molecule has 27 heavy (non-hydrogen) atoms. The Morgan fingerprint density at radius 1 is 0.667 bits per heavy atom. The minimum Gasteiger partial charge on any atom is -0.406 e. The summed E-state index contributed by atoms with van der Waals surface area (Å²) in [6.45, 7) is 2.19. The van der Waals surface area contributed by atoms with Gasteiger partial charge in [-0.3, -0.25) is 0 Å². The number of alkyl halides is 3. The Hall–Kier alpha value is -2.75. The molecule has 3 aromatic carbocycles. The smallest absolute Gasteiger partial charge is 0.406 e. The molecule has 0 aliphatic heterocycles. The largest absolute Gasteiger partial charge is 0.573 e. The van der Waals surface area contributed by atoms with Gasteiger partial charge in [-0.05, 0) is 52.8 Å². The zero-order chi connectivity index (χ0) is 19.3. The number of halogens is 3. The van der Waals surface area contributed by atoms with E-state index in [9.17, 15) is 13.2 Å². The van der Waals surface area contributed by atoms with Gasteiger partial charge in [0.05, 0.1) is 0 Å². The Morgan fingerprint density at radius 2 is 1.07 bits per heavy atom. The first-order valence-electron chi connectivity index (χ1n) is 9.00. The molecular weight excluding hydrogens is 349 g/mol. The summed E-state index contributed by atoms with van der Waals surface area (Å²) in [5, 5.41) is 0. The van der Waals surface area contributed by atoms with Crippen LogP contribution in [-0.4, -0.2) is 6.36 Å². The number of unbranched alkanes of at least 4 members (excludes halogenated alkanes) is 1. The van der Waals surface area contributed by atoms with Gasteiger partial charge in [-0.2, -0.15) is 0 Å². The Bertz CT molecular complexity index is 848. The highest BCUT2D eigenvalue weighted by Crippen LogP contribution is 2.28. The van der Waals surface area contributed by atoms with Gasteiger partial charge in [0.15, 0.2) is 0 Å². The lowest BCUT2D eigenvalue weighted by atomic mass is 9.99. The summed E-state index contributed by atoms with van der Waals surface area (Å²) in [6.07, 6.45) is -1.19. The van der Waals surface area contributed by atoms with E-state index in [4.69, 9.17) is 0 Å². The first kappa shape index (κ1) is 19.0. The van der Waals surface area contributed by atoms with Crippen LogP contribution in [0.4, 0.5) is 13.2 Å². The monoisotopic (exact) mass is 370 g/mol. The van der Waals surface area contributed by atoms with Crippen LogP contribution in [0.3, 0.4) is 0 Å². The highest BCUT2D eigenvalue weighted by Gasteiger charge is 2.30. The quantitative estimate of drug-likeness (QED) is 0.443. The second-order valence-corrected chi connectivity index (χ2v) is 6.45. The SMILES string of the molecule is CCCCc1ccc(-c2ccc(-c3ccc(OC(F)(F)F)cc3)cc2)cc1. The summed E-state index contributed by atoms with van der Waals surface area (Å²) in [5.74, 6) is -0.217. The lowest BCUT2D eigenvalue weighted by Crippen LogP contribution is -2.16. The average molecular weight is 370 g/mol. The van der Waals surface area contributed by atoms with Crippen LogP contribution in [0.5, 0.6) is 5.75 Å². The summed E-state index contributed by atoms with van der Waals surface area (Å²) in [5.41, 5.74) is 5.38. The topological polar surface area (TPSA) is 9.23 Å². The number of benzene rings is 3. The normalized spacial score (nSPS) is 11.4. The first-order chi connectivity index (χ1) is 12.9. The molecule has 0 unspecified atom stereocenters. The van der Waals surface area contributed by atoms with Crippen LogP contribution >= 0.6 is 0 Å². The summed E-state index contributed by atoms with van der Waals surface area (Å²) in [4.78, 5) is 0. The van der Waals surface area contributed by atoms with E-state index in [1.807, 2.05) is 24.3 Å². The van der Waals surface area contributed by atoms with Crippen LogP contribution in [0.15, 0.2) is 72.8 Å². The van der Waals surface area contributed by atoms with E-state index in [0.29, 0.717) is 0 Å². The third-order valence-electron chi connectivity index (χ3n) is 4.41. The van der Waals surface area contributed by atoms with Crippen molar-refractivity contribution in [3.8, 4) is 28.0 Å². The second kappa shape index (κ2) is 8.30. The standard InChI is InChI=1S/C23H21F3O/c1-2-3-4-17-5-7-18(8-6-17)19-9-11-20(12-10-19)21-13-15-22(16-14-21)27-23(24,25)26/h5-16H,2-4H2,1H3. The maximum absolute atomic E-state index is 12.2. The lowest BCUT2D eigenvalue weighted by molar-refractivity contribution is -0.274. The van der Waals surface area contributed by atoms with Crippen LogP contribution < -0.4 is 4.74 Å². The van der Waals surface area contributed by atoms with Crippen molar-refractivity contribution in [1.82, 2.24) is 0 Å². The van der Waals surface area contributed by atoms with Crippen molar-refractivity contribution >= 4 is 0 Å². The average Bonchev–Trinajstić information content (AvgIpc) is 2.66. The third kappa shape index (κ3) is 5.36. The zero-order valence-electron chi connectivity index (χ0n) is 15.1. The molecule has 0 saturated carbocycles. The highest BCUT2D eigenvalue weighted by molar-refractivity contribution is 5.70. The molecule has 0 radical (unpaired) electrons. The maximum atomic E-state index is 12.2. The van der Waals surface area contributed by atoms with Crippen molar-refractivity contribution in [2.24, 2.45) is 0 Å². The van der Waals surface area contributed by atoms with Gasteiger partial charge in [-0.25, -0.2) is 0 Å². The predicted molar refractivity (Wildman–Crippen MR) is 103 cm³/mol. The Labute approximate surface area is 157 Å². The summed E-state index contributed by atoms with van der Waals surface area (Å²) in [7, 11) is 0. The Balaban J connectivity index is 1.71. The molecule has 0 amide bonds. The summed E-state index contributed by atoms with van der Waals surface area (Å²) < 4.78 is 40.6. The molecule has 0 aromatic heterocycles. The fourth-order valence-corrected chi connectivity index (χ4v) is 2.95. The molecule has 0 aliphatic carbocycles. The molecule has 4 heteroatoms. The van der Waals surface area contributed by atoms with E-state index < -0.39 is 6.36 Å². The van der Waals surface area contributed by atoms with Crippen LogP contribution in [0, 0.1) is 0 Å². The number of hydrogen-bond acceptors (Lipinski definition) is 1. The van der Waals surface area contributed by atoms with Gasteiger partial charge < -0.3 is 4.74 Å². The van der Waals surface area contributed by atoms with E-state index in [1.54, 1.807) is 12.1 Å². The van der Waals surface area contributed by atoms with Gasteiger partial charge in [-0.15, -0.1) is 13.2 Å². The van der Waals surface area contributed by atoms with Crippen molar-refractivity contribution in [1.29, 1.82) is 0 Å². The van der Waals surface area contributed by atoms with E-state index in [0.717, 1.165) is 28.7 Å². The minimum absolute atomic E-state index is 0.217. The molecule has 140 valence electrons. The molecule has 3 rings (SSSR count). The van der Waals surface area contributed by atoms with Crippen molar-refractivity contribution in [3.05, 3.63) is 78.4 Å². The van der Waals surface area contributed by atoms with E-state index >= 15 is 0 Å². The van der Waals surface area contributed by atoms with Crippen LogP contribution in [0.2, 0.25) is 0 Å². The fourth-order valence-electron chi connectivity index (χ4n) is 2.95. The first-order valence-corrected chi connectivity index (χ1v) is 9.00. The fraction of sp³-hybridized carbons (Fsp3) is 0.217. The van der Waals surface area contributed by atoms with Gasteiger partial charge in [0.1, 0.15) is 5.75 Å². The number of hydrogen-bond donors (Lipinski definition) is 0. The summed E-state index contributed by atoms with van der Waals surface area (Å²) >= 11 is 0. The van der Waals surface area contributed by atoms with Crippen LogP contribution in [-0.2, 0) is 6.42 Å². The Morgan fingerprint density at radius 3 is 1.48 bits per heavy atom. The molecule has 0 aliphatic rings.